The second-order valence-corrected chi connectivity index (χ2v) is 8.39. The summed E-state index contributed by atoms with van der Waals surface area (Å²) in [6, 6.07) is 2.02. The lowest BCUT2D eigenvalue weighted by atomic mass is 10.1. The molecule has 26 heavy (non-hydrogen) atoms. The van der Waals surface area contributed by atoms with E-state index in [1.54, 1.807) is 11.1 Å². The van der Waals surface area contributed by atoms with Gasteiger partial charge >= 0.3 is 6.09 Å². The van der Waals surface area contributed by atoms with Crippen LogP contribution in [0.4, 0.5) is 10.6 Å². The van der Waals surface area contributed by atoms with Crippen LogP contribution >= 0.6 is 15.9 Å². The van der Waals surface area contributed by atoms with Crippen molar-refractivity contribution in [2.24, 2.45) is 4.99 Å². The highest BCUT2D eigenvalue weighted by atomic mass is 79.9. The maximum atomic E-state index is 12.0. The average molecular weight is 421 g/mol. The molecule has 1 fully saturated rings. The second kappa shape index (κ2) is 6.22. The van der Waals surface area contributed by atoms with Crippen LogP contribution in [0.2, 0.25) is 0 Å². The number of anilines is 1. The van der Waals surface area contributed by atoms with Crippen molar-refractivity contribution in [3.8, 4) is 11.4 Å². The zero-order chi connectivity index (χ0) is 18.5. The van der Waals surface area contributed by atoms with E-state index in [9.17, 15) is 4.79 Å². The van der Waals surface area contributed by atoms with Crippen LogP contribution < -0.4 is 10.9 Å². The summed E-state index contributed by atoms with van der Waals surface area (Å²) in [5.41, 5.74) is 0.934. The molecule has 1 amide bonds. The van der Waals surface area contributed by atoms with Gasteiger partial charge in [-0.25, -0.2) is 14.8 Å². The lowest BCUT2D eigenvalue weighted by Gasteiger charge is -2.37. The van der Waals surface area contributed by atoms with E-state index in [0.717, 1.165) is 34.8 Å². The molecule has 0 saturated carbocycles. The molecule has 0 aromatic rings. The molecular weight excluding hydrogens is 400 g/mol. The monoisotopic (exact) mass is 420 g/mol. The van der Waals surface area contributed by atoms with Crippen molar-refractivity contribution >= 4 is 27.8 Å². The normalized spacial score (nSPS) is 17.8. The number of aromatic nitrogens is 3. The number of rotatable bonds is 1. The Morgan fingerprint density at radius 1 is 1.42 bits per heavy atom. The number of nitrogens with one attached hydrogen (secondary N) is 1. The summed E-state index contributed by atoms with van der Waals surface area (Å²) < 4.78 is 8.49. The largest absolute Gasteiger partial charge is 0.444 e. The van der Waals surface area contributed by atoms with E-state index in [-0.39, 0.29) is 12.1 Å². The molecule has 1 saturated heterocycles. The van der Waals surface area contributed by atoms with Gasteiger partial charge in [0.25, 0.3) is 0 Å². The number of fused-ring (bicyclic) bond motifs is 3. The minimum absolute atomic E-state index is 0.00610. The molecule has 0 radical (unpaired) electrons. The van der Waals surface area contributed by atoms with Gasteiger partial charge in [0.05, 0.1) is 10.5 Å². The molecule has 9 heteroatoms. The van der Waals surface area contributed by atoms with Crippen LogP contribution in [0.5, 0.6) is 0 Å². The molecule has 8 nitrogen and oxygen atoms in total. The first-order valence-corrected chi connectivity index (χ1v) is 9.41. The minimum atomic E-state index is -0.485. The Kier molecular flexibility index (Phi) is 4.13. The summed E-state index contributed by atoms with van der Waals surface area (Å²) in [7, 11) is 0. The number of carbonyl (C=O) groups is 1. The van der Waals surface area contributed by atoms with Gasteiger partial charge in [-0.1, -0.05) is 0 Å². The van der Waals surface area contributed by atoms with Crippen LogP contribution in [-0.4, -0.2) is 56.8 Å². The van der Waals surface area contributed by atoms with E-state index in [2.05, 4.69) is 40.8 Å². The van der Waals surface area contributed by atoms with E-state index in [1.165, 1.54) is 0 Å². The van der Waals surface area contributed by atoms with Crippen molar-refractivity contribution in [3.63, 3.8) is 0 Å². The van der Waals surface area contributed by atoms with Crippen molar-refractivity contribution in [1.29, 1.82) is 0 Å². The highest BCUT2D eigenvalue weighted by molar-refractivity contribution is 9.10. The molecule has 0 aromatic carbocycles. The van der Waals surface area contributed by atoms with Crippen molar-refractivity contribution in [2.75, 3.05) is 25.0 Å². The number of pyridine rings is 1. The molecule has 0 spiro atoms. The van der Waals surface area contributed by atoms with Gasteiger partial charge in [0, 0.05) is 37.9 Å². The quantitative estimate of drug-likeness (QED) is 0.763. The van der Waals surface area contributed by atoms with Crippen LogP contribution in [0.3, 0.4) is 0 Å². The molecule has 0 atom stereocenters. The van der Waals surface area contributed by atoms with E-state index in [1.807, 2.05) is 26.8 Å². The van der Waals surface area contributed by atoms with Gasteiger partial charge in [-0.3, -0.25) is 0 Å². The van der Waals surface area contributed by atoms with E-state index < -0.39 is 5.60 Å². The van der Waals surface area contributed by atoms with Gasteiger partial charge in [-0.15, -0.1) is 0 Å². The topological polar surface area (TPSA) is 84.6 Å². The van der Waals surface area contributed by atoms with Crippen LogP contribution in [0.25, 0.3) is 11.4 Å². The van der Waals surface area contributed by atoms with Gasteiger partial charge in [-0.2, -0.15) is 4.98 Å². The Morgan fingerprint density at radius 2 is 2.19 bits per heavy atom. The number of amides is 1. The first-order chi connectivity index (χ1) is 12.3. The van der Waals surface area contributed by atoms with Crippen molar-refractivity contribution in [1.82, 2.24) is 19.4 Å². The van der Waals surface area contributed by atoms with Crippen molar-refractivity contribution in [2.45, 2.75) is 39.0 Å². The molecule has 1 N–H and O–H groups in total. The number of nitrogens with zero attached hydrogens (tertiary/aromatic N) is 5. The van der Waals surface area contributed by atoms with Crippen LogP contribution in [0, 0.1) is 0 Å². The third-order valence-electron chi connectivity index (χ3n) is 4.26. The summed E-state index contributed by atoms with van der Waals surface area (Å²) >= 11 is 3.58. The molecule has 0 unspecified atom stereocenters. The maximum Gasteiger partial charge on any atom is 0.410 e. The van der Waals surface area contributed by atoms with E-state index >= 15 is 0 Å². The molecule has 0 aromatic heterocycles. The van der Waals surface area contributed by atoms with Gasteiger partial charge < -0.3 is 19.5 Å². The number of hydrogen-bond donors (Lipinski definition) is 1. The number of halogens is 1. The Morgan fingerprint density at radius 3 is 2.92 bits per heavy atom. The molecule has 138 valence electrons. The predicted octanol–water partition coefficient (Wildman–Crippen LogP) is 2.09. The SMILES string of the molecule is CC(C)(C)OC(=O)N1CC(N=c2ncc3cc(Br)c4n(c-3n2)CCN4)C1. The fourth-order valence-corrected chi connectivity index (χ4v) is 3.65. The standard InChI is InChI=1S/C17H21BrN6O2/c1-17(2,3)26-16(25)23-8-11(9-23)21-15-20-7-10-6-12(18)14-19-4-5-24(14)13(10)22-15/h6-7,11,19H,4-5,8-9H2,1-3H3. The molecule has 4 heterocycles. The Hall–Kier alpha value is -2.16. The first-order valence-electron chi connectivity index (χ1n) is 8.62. The van der Waals surface area contributed by atoms with Crippen molar-refractivity contribution in [3.05, 3.63) is 22.4 Å². The summed E-state index contributed by atoms with van der Waals surface area (Å²) in [6.45, 7) is 8.38. The van der Waals surface area contributed by atoms with E-state index in [4.69, 9.17) is 4.74 Å². The lowest BCUT2D eigenvalue weighted by Crippen LogP contribution is -2.54. The fraction of sp³-hybridized carbons (Fsp3) is 0.529. The van der Waals surface area contributed by atoms with Crippen LogP contribution in [0.1, 0.15) is 20.8 Å². The Balaban J connectivity index is 1.53. The number of likely N-dealkylation sites (tertiary alicyclic amines) is 1. The molecule has 4 rings (SSSR count). The Labute approximate surface area is 159 Å². The highest BCUT2D eigenvalue weighted by Crippen LogP contribution is 2.33. The fourth-order valence-electron chi connectivity index (χ4n) is 3.05. The minimum Gasteiger partial charge on any atom is -0.444 e. The molecule has 4 aliphatic heterocycles. The average Bonchev–Trinajstić information content (AvgIpc) is 2.99. The number of carbonyl (C=O) groups excluding carboxylic acids is 1. The van der Waals surface area contributed by atoms with Gasteiger partial charge in [0.15, 0.2) is 0 Å². The Bertz CT molecular complexity index is 897. The smallest absolute Gasteiger partial charge is 0.410 e. The predicted molar refractivity (Wildman–Crippen MR) is 100.0 cm³/mol. The van der Waals surface area contributed by atoms with Crippen molar-refractivity contribution < 1.29 is 9.53 Å². The molecule has 4 aliphatic rings. The summed E-state index contributed by atoms with van der Waals surface area (Å²) in [4.78, 5) is 27.2. The highest BCUT2D eigenvalue weighted by Gasteiger charge is 2.33. The van der Waals surface area contributed by atoms with Crippen LogP contribution in [0.15, 0.2) is 21.7 Å². The zero-order valence-electron chi connectivity index (χ0n) is 15.0. The summed E-state index contributed by atoms with van der Waals surface area (Å²) in [5, 5.41) is 3.35. The molecule has 0 aliphatic carbocycles. The van der Waals surface area contributed by atoms with Gasteiger partial charge in [0.2, 0.25) is 5.62 Å². The maximum absolute atomic E-state index is 12.0. The number of hydrogen-bond acceptors (Lipinski definition) is 6. The third-order valence-corrected chi connectivity index (χ3v) is 4.86. The van der Waals surface area contributed by atoms with Crippen LogP contribution in [-0.2, 0) is 11.3 Å². The first kappa shape index (κ1) is 17.3. The zero-order valence-corrected chi connectivity index (χ0v) is 16.6. The second-order valence-electron chi connectivity index (χ2n) is 7.54. The van der Waals surface area contributed by atoms with Gasteiger partial charge in [0.1, 0.15) is 17.2 Å². The third kappa shape index (κ3) is 3.27. The van der Waals surface area contributed by atoms with Gasteiger partial charge in [-0.05, 0) is 42.8 Å². The molecule has 0 bridgehead atoms. The lowest BCUT2D eigenvalue weighted by molar-refractivity contribution is 0.00867. The summed E-state index contributed by atoms with van der Waals surface area (Å²) in [6.07, 6.45) is 1.50. The number of ether oxygens (including phenoxy) is 1. The van der Waals surface area contributed by atoms with E-state index in [0.29, 0.717) is 18.7 Å². The summed E-state index contributed by atoms with van der Waals surface area (Å²) in [5.74, 6) is 1.90. The molecular formula is C17H21BrN6O2.